The van der Waals surface area contributed by atoms with Gasteiger partial charge in [-0.2, -0.15) is 0 Å². The number of nitrogens with zero attached hydrogens (tertiary/aromatic N) is 1. The van der Waals surface area contributed by atoms with Crippen molar-refractivity contribution >= 4 is 27.3 Å². The Kier molecular flexibility index (Phi) is 4.29. The molecular formula is C13H9BrF2N2O2. The zero-order valence-electron chi connectivity index (χ0n) is 10.1. The molecule has 0 aliphatic carbocycles. The fourth-order valence-electron chi connectivity index (χ4n) is 1.73. The van der Waals surface area contributed by atoms with Crippen molar-refractivity contribution in [2.24, 2.45) is 0 Å². The predicted octanol–water partition coefficient (Wildman–Crippen LogP) is 4.25. The maximum absolute atomic E-state index is 13.6. The van der Waals surface area contributed by atoms with Gasteiger partial charge in [-0.25, -0.2) is 8.78 Å². The van der Waals surface area contributed by atoms with Gasteiger partial charge in [-0.1, -0.05) is 18.2 Å². The lowest BCUT2D eigenvalue weighted by Crippen LogP contribution is -2.05. The lowest BCUT2D eigenvalue weighted by molar-refractivity contribution is -0.385. The van der Waals surface area contributed by atoms with Crippen molar-refractivity contribution in [1.29, 1.82) is 0 Å². The third-order valence-corrected chi connectivity index (χ3v) is 3.28. The maximum Gasteiger partial charge on any atom is 0.274 e. The zero-order chi connectivity index (χ0) is 14.7. The number of halogens is 3. The van der Waals surface area contributed by atoms with Crippen molar-refractivity contribution in [2.75, 3.05) is 5.32 Å². The molecule has 0 atom stereocenters. The van der Waals surface area contributed by atoms with E-state index in [1.165, 1.54) is 6.07 Å². The molecule has 0 unspecified atom stereocenters. The highest BCUT2D eigenvalue weighted by Crippen LogP contribution is 2.28. The molecule has 2 aromatic carbocycles. The molecule has 0 aromatic heterocycles. The average molecular weight is 343 g/mol. The molecule has 104 valence electrons. The second kappa shape index (κ2) is 5.96. The van der Waals surface area contributed by atoms with Crippen molar-refractivity contribution in [3.63, 3.8) is 0 Å². The quantitative estimate of drug-likeness (QED) is 0.667. The number of rotatable bonds is 4. The molecule has 0 aliphatic rings. The van der Waals surface area contributed by atoms with Crippen LogP contribution in [0.3, 0.4) is 0 Å². The molecule has 0 heterocycles. The van der Waals surface area contributed by atoms with Gasteiger partial charge < -0.3 is 5.32 Å². The lowest BCUT2D eigenvalue weighted by Gasteiger charge is -2.10. The molecule has 0 aliphatic heterocycles. The SMILES string of the molecule is O=[N+]([O-])c1ccccc1CNc1c(F)cc(F)cc1Br. The number of hydrogen-bond donors (Lipinski definition) is 1. The van der Waals surface area contributed by atoms with Gasteiger partial charge in [0.2, 0.25) is 0 Å². The van der Waals surface area contributed by atoms with Crippen LogP contribution in [0.15, 0.2) is 40.9 Å². The monoisotopic (exact) mass is 342 g/mol. The molecule has 0 saturated heterocycles. The first-order chi connectivity index (χ1) is 9.49. The summed E-state index contributed by atoms with van der Waals surface area (Å²) in [6, 6.07) is 8.00. The number of para-hydroxylation sites is 1. The van der Waals surface area contributed by atoms with Crippen LogP contribution in [0, 0.1) is 21.7 Å². The summed E-state index contributed by atoms with van der Waals surface area (Å²) < 4.78 is 26.8. The molecule has 0 spiro atoms. The molecule has 0 radical (unpaired) electrons. The normalized spacial score (nSPS) is 10.3. The fourth-order valence-corrected chi connectivity index (χ4v) is 2.28. The average Bonchev–Trinajstić information content (AvgIpc) is 2.37. The van der Waals surface area contributed by atoms with E-state index in [9.17, 15) is 18.9 Å². The van der Waals surface area contributed by atoms with Gasteiger partial charge in [-0.3, -0.25) is 10.1 Å². The van der Waals surface area contributed by atoms with Crippen LogP contribution in [-0.4, -0.2) is 4.92 Å². The summed E-state index contributed by atoms with van der Waals surface area (Å²) in [5, 5.41) is 13.6. The predicted molar refractivity (Wildman–Crippen MR) is 74.5 cm³/mol. The molecule has 20 heavy (non-hydrogen) atoms. The minimum Gasteiger partial charge on any atom is -0.377 e. The smallest absolute Gasteiger partial charge is 0.274 e. The van der Waals surface area contributed by atoms with E-state index in [2.05, 4.69) is 21.2 Å². The third-order valence-electron chi connectivity index (χ3n) is 2.65. The standard InChI is InChI=1S/C13H9BrF2N2O2/c14-10-5-9(15)6-11(16)13(10)17-7-8-3-1-2-4-12(8)18(19)20/h1-6,17H,7H2. The van der Waals surface area contributed by atoms with E-state index in [1.54, 1.807) is 18.2 Å². The molecule has 7 heteroatoms. The Hall–Kier alpha value is -2.02. The highest BCUT2D eigenvalue weighted by molar-refractivity contribution is 9.10. The molecule has 2 aromatic rings. The summed E-state index contributed by atoms with van der Waals surface area (Å²) in [4.78, 5) is 10.3. The molecule has 4 nitrogen and oxygen atoms in total. The minimum absolute atomic E-state index is 0.0539. The van der Waals surface area contributed by atoms with Crippen LogP contribution in [0.1, 0.15) is 5.56 Å². The van der Waals surface area contributed by atoms with E-state index in [4.69, 9.17) is 0 Å². The number of nitrogens with one attached hydrogen (secondary N) is 1. The first-order valence-corrected chi connectivity index (χ1v) is 6.39. The van der Waals surface area contributed by atoms with Crippen LogP contribution in [-0.2, 0) is 6.54 Å². The minimum atomic E-state index is -0.768. The van der Waals surface area contributed by atoms with Gasteiger partial charge in [0.25, 0.3) is 5.69 Å². The van der Waals surface area contributed by atoms with Crippen LogP contribution in [0.25, 0.3) is 0 Å². The van der Waals surface area contributed by atoms with E-state index in [0.717, 1.165) is 12.1 Å². The molecule has 0 bridgehead atoms. The van der Waals surface area contributed by atoms with Gasteiger partial charge in [0.05, 0.1) is 10.6 Å². The number of nitro groups is 1. The van der Waals surface area contributed by atoms with Crippen LogP contribution < -0.4 is 5.32 Å². The van der Waals surface area contributed by atoms with Crippen molar-refractivity contribution < 1.29 is 13.7 Å². The van der Waals surface area contributed by atoms with Crippen LogP contribution in [0.4, 0.5) is 20.2 Å². The summed E-state index contributed by atoms with van der Waals surface area (Å²) in [5.41, 5.74) is 0.413. The first kappa shape index (κ1) is 14.4. The molecule has 0 fully saturated rings. The Morgan fingerprint density at radius 3 is 2.60 bits per heavy atom. The Balaban J connectivity index is 2.24. The summed E-state index contributed by atoms with van der Waals surface area (Å²) in [7, 11) is 0. The third kappa shape index (κ3) is 3.11. The van der Waals surface area contributed by atoms with E-state index in [-0.39, 0.29) is 22.4 Å². The molecular weight excluding hydrogens is 334 g/mol. The van der Waals surface area contributed by atoms with E-state index in [0.29, 0.717) is 5.56 Å². The second-order valence-electron chi connectivity index (χ2n) is 3.98. The van der Waals surface area contributed by atoms with Crippen molar-refractivity contribution in [3.05, 3.63) is 68.2 Å². The maximum atomic E-state index is 13.6. The highest BCUT2D eigenvalue weighted by atomic mass is 79.9. The second-order valence-corrected chi connectivity index (χ2v) is 4.84. The number of anilines is 1. The molecule has 0 saturated carbocycles. The lowest BCUT2D eigenvalue weighted by atomic mass is 10.1. The Morgan fingerprint density at radius 1 is 1.25 bits per heavy atom. The zero-order valence-corrected chi connectivity index (χ0v) is 11.7. The summed E-state index contributed by atoms with van der Waals surface area (Å²) >= 11 is 3.04. The topological polar surface area (TPSA) is 55.2 Å². The van der Waals surface area contributed by atoms with Gasteiger partial charge in [0, 0.05) is 28.7 Å². The van der Waals surface area contributed by atoms with Crippen LogP contribution in [0.2, 0.25) is 0 Å². The Labute approximate surface area is 121 Å². The first-order valence-electron chi connectivity index (χ1n) is 5.59. The van der Waals surface area contributed by atoms with Gasteiger partial charge in [-0.15, -0.1) is 0 Å². The summed E-state index contributed by atoms with van der Waals surface area (Å²) in [6.45, 7) is 0.0539. The van der Waals surface area contributed by atoms with E-state index >= 15 is 0 Å². The van der Waals surface area contributed by atoms with Gasteiger partial charge in [0.1, 0.15) is 11.6 Å². The van der Waals surface area contributed by atoms with Crippen LogP contribution >= 0.6 is 15.9 Å². The number of nitro benzene ring substituents is 1. The Bertz CT molecular complexity index is 642. The van der Waals surface area contributed by atoms with Crippen molar-refractivity contribution in [3.8, 4) is 0 Å². The molecule has 0 amide bonds. The van der Waals surface area contributed by atoms with Gasteiger partial charge in [0.15, 0.2) is 0 Å². The highest BCUT2D eigenvalue weighted by Gasteiger charge is 2.14. The van der Waals surface area contributed by atoms with Crippen molar-refractivity contribution in [2.45, 2.75) is 6.54 Å². The van der Waals surface area contributed by atoms with Gasteiger partial charge >= 0.3 is 0 Å². The Morgan fingerprint density at radius 2 is 1.95 bits per heavy atom. The molecule has 1 N–H and O–H groups in total. The van der Waals surface area contributed by atoms with Crippen LogP contribution in [0.5, 0.6) is 0 Å². The largest absolute Gasteiger partial charge is 0.377 e. The summed E-state index contributed by atoms with van der Waals surface area (Å²) in [5.74, 6) is -1.47. The number of hydrogen-bond acceptors (Lipinski definition) is 3. The van der Waals surface area contributed by atoms with Gasteiger partial charge in [-0.05, 0) is 22.0 Å². The summed E-state index contributed by atoms with van der Waals surface area (Å²) in [6.07, 6.45) is 0. The van der Waals surface area contributed by atoms with E-state index in [1.807, 2.05) is 0 Å². The number of benzene rings is 2. The van der Waals surface area contributed by atoms with E-state index < -0.39 is 16.6 Å². The molecule has 2 rings (SSSR count). The van der Waals surface area contributed by atoms with Crippen molar-refractivity contribution in [1.82, 2.24) is 0 Å². The fraction of sp³-hybridized carbons (Fsp3) is 0.0769.